The highest BCUT2D eigenvalue weighted by Gasteiger charge is 2.35. The number of carbonyl (C=O) groups is 1. The summed E-state index contributed by atoms with van der Waals surface area (Å²) in [5.74, 6) is 0.419. The number of hydrogen-bond acceptors (Lipinski definition) is 3. The zero-order valence-corrected chi connectivity index (χ0v) is 13.1. The van der Waals surface area contributed by atoms with E-state index >= 15 is 0 Å². The van der Waals surface area contributed by atoms with E-state index in [1.165, 1.54) is 16.3 Å². The molecule has 0 saturated carbocycles. The molecule has 2 fully saturated rings. The minimum Gasteiger partial charge on any atom is -0.391 e. The molecule has 2 saturated heterocycles. The van der Waals surface area contributed by atoms with Crippen LogP contribution in [0, 0.1) is 5.92 Å². The molecule has 2 aromatic rings. The van der Waals surface area contributed by atoms with E-state index < -0.39 is 6.10 Å². The van der Waals surface area contributed by atoms with E-state index in [2.05, 4.69) is 35.6 Å². The number of likely N-dealkylation sites (tertiary alicyclic amines) is 1. The highest BCUT2D eigenvalue weighted by Crippen LogP contribution is 2.31. The second-order valence-electron chi connectivity index (χ2n) is 6.71. The lowest BCUT2D eigenvalue weighted by molar-refractivity contribution is -0.140. The molecule has 2 aliphatic heterocycles. The third kappa shape index (κ3) is 2.73. The summed E-state index contributed by atoms with van der Waals surface area (Å²) in [6.45, 7) is 2.75. The van der Waals surface area contributed by atoms with Crippen LogP contribution in [0.2, 0.25) is 0 Å². The predicted octanol–water partition coefficient (Wildman–Crippen LogP) is 1.74. The van der Waals surface area contributed by atoms with E-state index in [9.17, 15) is 9.90 Å². The van der Waals surface area contributed by atoms with Crippen molar-refractivity contribution in [2.45, 2.75) is 18.4 Å². The van der Waals surface area contributed by atoms with Gasteiger partial charge in [0.25, 0.3) is 0 Å². The fourth-order valence-corrected chi connectivity index (χ4v) is 3.68. The van der Waals surface area contributed by atoms with Gasteiger partial charge in [-0.05, 0) is 22.8 Å². The number of piperidine rings is 1. The van der Waals surface area contributed by atoms with Gasteiger partial charge in [0.15, 0.2) is 0 Å². The van der Waals surface area contributed by atoms with Gasteiger partial charge in [-0.15, -0.1) is 0 Å². The zero-order valence-electron chi connectivity index (χ0n) is 13.1. The normalized spacial score (nSPS) is 25.3. The average molecular weight is 310 g/mol. The van der Waals surface area contributed by atoms with Crippen LogP contribution in [-0.2, 0) is 4.79 Å². The number of nitrogens with zero attached hydrogens (tertiary/aromatic N) is 1. The van der Waals surface area contributed by atoms with Gasteiger partial charge in [0.1, 0.15) is 0 Å². The molecule has 1 amide bonds. The van der Waals surface area contributed by atoms with Crippen LogP contribution in [0.3, 0.4) is 0 Å². The summed E-state index contributed by atoms with van der Waals surface area (Å²) in [4.78, 5) is 14.2. The monoisotopic (exact) mass is 310 g/mol. The summed E-state index contributed by atoms with van der Waals surface area (Å²) >= 11 is 0. The predicted molar refractivity (Wildman–Crippen MR) is 90.3 cm³/mol. The first-order chi connectivity index (χ1) is 11.2. The third-order valence-corrected chi connectivity index (χ3v) is 5.23. The number of rotatable bonds is 2. The molecule has 0 aromatic heterocycles. The molecule has 4 rings (SSSR count). The lowest BCUT2D eigenvalue weighted by Crippen LogP contribution is -2.55. The number of carbonyl (C=O) groups excluding carboxylic acids is 1. The lowest BCUT2D eigenvalue weighted by Gasteiger charge is -2.39. The molecule has 2 aromatic carbocycles. The molecule has 2 aliphatic rings. The van der Waals surface area contributed by atoms with Crippen molar-refractivity contribution < 1.29 is 9.90 Å². The summed E-state index contributed by atoms with van der Waals surface area (Å²) in [7, 11) is 0. The number of amides is 1. The van der Waals surface area contributed by atoms with Gasteiger partial charge < -0.3 is 15.3 Å². The molecule has 0 radical (unpaired) electrons. The number of aliphatic hydroxyl groups is 1. The van der Waals surface area contributed by atoms with Gasteiger partial charge in [-0.1, -0.05) is 42.5 Å². The maximum atomic E-state index is 12.3. The Balaban J connectivity index is 1.50. The summed E-state index contributed by atoms with van der Waals surface area (Å²) in [6.07, 6.45) is 0.340. The van der Waals surface area contributed by atoms with E-state index in [0.717, 1.165) is 26.1 Å². The Bertz CT molecular complexity index is 726. The number of benzene rings is 2. The maximum absolute atomic E-state index is 12.3. The molecule has 0 unspecified atom stereocenters. The summed E-state index contributed by atoms with van der Waals surface area (Å²) in [6, 6.07) is 14.7. The molecule has 0 spiro atoms. The van der Waals surface area contributed by atoms with Crippen LogP contribution in [0.5, 0.6) is 0 Å². The Hall–Kier alpha value is -1.91. The van der Waals surface area contributed by atoms with Crippen LogP contribution in [0.4, 0.5) is 0 Å². The van der Waals surface area contributed by atoms with Crippen molar-refractivity contribution in [2.24, 2.45) is 5.92 Å². The van der Waals surface area contributed by atoms with Gasteiger partial charge >= 0.3 is 0 Å². The van der Waals surface area contributed by atoms with Crippen LogP contribution in [-0.4, -0.2) is 48.2 Å². The zero-order chi connectivity index (χ0) is 15.8. The molecule has 2 atom stereocenters. The molecule has 4 nitrogen and oxygen atoms in total. The van der Waals surface area contributed by atoms with Crippen molar-refractivity contribution in [3.05, 3.63) is 48.0 Å². The van der Waals surface area contributed by atoms with Crippen molar-refractivity contribution in [3.8, 4) is 0 Å². The third-order valence-electron chi connectivity index (χ3n) is 5.23. The van der Waals surface area contributed by atoms with Crippen molar-refractivity contribution in [1.29, 1.82) is 0 Å². The highest BCUT2D eigenvalue weighted by atomic mass is 16.3. The van der Waals surface area contributed by atoms with E-state index in [1.54, 1.807) is 0 Å². The fourth-order valence-electron chi connectivity index (χ4n) is 3.68. The van der Waals surface area contributed by atoms with Crippen molar-refractivity contribution in [3.63, 3.8) is 0 Å². The molecule has 23 heavy (non-hydrogen) atoms. The Morgan fingerprint density at radius 2 is 1.91 bits per heavy atom. The smallest absolute Gasteiger partial charge is 0.228 e. The molecule has 4 heteroatoms. The van der Waals surface area contributed by atoms with Gasteiger partial charge in [0, 0.05) is 32.1 Å². The van der Waals surface area contributed by atoms with Crippen LogP contribution >= 0.6 is 0 Å². The maximum Gasteiger partial charge on any atom is 0.228 e. The number of hydrogen-bond donors (Lipinski definition) is 2. The first-order valence-corrected chi connectivity index (χ1v) is 8.38. The highest BCUT2D eigenvalue weighted by molar-refractivity contribution is 5.83. The van der Waals surface area contributed by atoms with Crippen LogP contribution < -0.4 is 5.32 Å². The SMILES string of the molecule is O=C(C1CNC1)N1CC[C@@H](c2ccc3ccccc3c2)[C@H](O)C1. The second-order valence-corrected chi connectivity index (χ2v) is 6.71. The summed E-state index contributed by atoms with van der Waals surface area (Å²) < 4.78 is 0. The van der Waals surface area contributed by atoms with Crippen LogP contribution in [0.1, 0.15) is 17.9 Å². The number of aliphatic hydroxyl groups excluding tert-OH is 1. The number of fused-ring (bicyclic) bond motifs is 1. The summed E-state index contributed by atoms with van der Waals surface area (Å²) in [5, 5.41) is 16.1. The van der Waals surface area contributed by atoms with Crippen molar-refractivity contribution in [1.82, 2.24) is 10.2 Å². The molecular weight excluding hydrogens is 288 g/mol. The molecule has 2 heterocycles. The van der Waals surface area contributed by atoms with Crippen molar-refractivity contribution >= 4 is 16.7 Å². The quantitative estimate of drug-likeness (QED) is 0.888. The summed E-state index contributed by atoms with van der Waals surface area (Å²) in [5.41, 5.74) is 1.17. The Kier molecular flexibility index (Phi) is 3.79. The van der Waals surface area contributed by atoms with Gasteiger partial charge in [0.2, 0.25) is 5.91 Å². The number of nitrogens with one attached hydrogen (secondary N) is 1. The van der Waals surface area contributed by atoms with Gasteiger partial charge in [0.05, 0.1) is 12.0 Å². The van der Waals surface area contributed by atoms with Gasteiger partial charge in [-0.2, -0.15) is 0 Å². The van der Waals surface area contributed by atoms with E-state index in [0.29, 0.717) is 6.54 Å². The topological polar surface area (TPSA) is 52.6 Å². The van der Waals surface area contributed by atoms with Gasteiger partial charge in [-0.25, -0.2) is 0 Å². The average Bonchev–Trinajstić information content (AvgIpc) is 2.52. The van der Waals surface area contributed by atoms with Crippen molar-refractivity contribution in [2.75, 3.05) is 26.2 Å². The van der Waals surface area contributed by atoms with E-state index in [-0.39, 0.29) is 17.7 Å². The lowest BCUT2D eigenvalue weighted by atomic mass is 9.85. The second kappa shape index (κ2) is 5.95. The van der Waals surface area contributed by atoms with Crippen LogP contribution in [0.25, 0.3) is 10.8 Å². The Morgan fingerprint density at radius 3 is 2.61 bits per heavy atom. The molecule has 2 N–H and O–H groups in total. The van der Waals surface area contributed by atoms with E-state index in [1.807, 2.05) is 17.0 Å². The first kappa shape index (κ1) is 14.7. The van der Waals surface area contributed by atoms with E-state index in [4.69, 9.17) is 0 Å². The molecule has 0 bridgehead atoms. The molecule has 120 valence electrons. The molecular formula is C19H22N2O2. The minimum atomic E-state index is -0.484. The minimum absolute atomic E-state index is 0.111. The number of β-amino-alcohol motifs (C(OH)–C–C–N with tert-alkyl or cyclic N) is 1. The van der Waals surface area contributed by atoms with Crippen LogP contribution in [0.15, 0.2) is 42.5 Å². The van der Waals surface area contributed by atoms with Gasteiger partial charge in [-0.3, -0.25) is 4.79 Å². The first-order valence-electron chi connectivity index (χ1n) is 8.38. The Morgan fingerprint density at radius 1 is 1.13 bits per heavy atom. The molecule has 0 aliphatic carbocycles. The Labute approximate surface area is 136 Å². The largest absolute Gasteiger partial charge is 0.391 e. The standard InChI is InChI=1S/C19H22N2O2/c22-18-12-21(19(23)16-10-20-11-16)8-7-17(18)15-6-5-13-3-1-2-4-14(13)9-15/h1-6,9,16-18,20,22H,7-8,10-12H2/t17-,18+/m0/s1. The fraction of sp³-hybridized carbons (Fsp3) is 0.421.